The average Bonchev–Trinajstić information content (AvgIpc) is 2.46. The Morgan fingerprint density at radius 1 is 1.14 bits per heavy atom. The summed E-state index contributed by atoms with van der Waals surface area (Å²) in [5.41, 5.74) is 0.582. The summed E-state index contributed by atoms with van der Waals surface area (Å²) in [6.45, 7) is 0.101. The molecule has 0 radical (unpaired) electrons. The summed E-state index contributed by atoms with van der Waals surface area (Å²) in [6, 6.07) is 6.80. The molecular formula is C15H21NO5S. The molecule has 0 unspecified atom stereocenters. The first kappa shape index (κ1) is 18.2. The molecule has 7 heteroatoms. The van der Waals surface area contributed by atoms with E-state index in [0.717, 1.165) is 6.26 Å². The molecule has 0 saturated heterocycles. The SMILES string of the molecule is COc1ccc(C(=O)CCCC(=O)NCCS(C)(=O)=O)cc1. The zero-order valence-corrected chi connectivity index (χ0v) is 13.6. The van der Waals surface area contributed by atoms with Crippen LogP contribution >= 0.6 is 0 Å². The van der Waals surface area contributed by atoms with Gasteiger partial charge in [-0.25, -0.2) is 8.42 Å². The number of nitrogens with one attached hydrogen (secondary N) is 1. The normalized spacial score (nSPS) is 11.0. The molecule has 0 aliphatic rings. The second kappa shape index (κ2) is 8.53. The third-order valence-electron chi connectivity index (χ3n) is 3.01. The van der Waals surface area contributed by atoms with E-state index in [1.165, 1.54) is 0 Å². The largest absolute Gasteiger partial charge is 0.497 e. The molecule has 22 heavy (non-hydrogen) atoms. The van der Waals surface area contributed by atoms with Crippen molar-refractivity contribution in [3.8, 4) is 5.75 Å². The first-order valence-corrected chi connectivity index (χ1v) is 8.99. The maximum Gasteiger partial charge on any atom is 0.220 e. The third kappa shape index (κ3) is 7.21. The van der Waals surface area contributed by atoms with Crippen molar-refractivity contribution >= 4 is 21.5 Å². The predicted octanol–water partition coefficient (Wildman–Crippen LogP) is 1.21. The molecule has 0 fully saturated rings. The summed E-state index contributed by atoms with van der Waals surface area (Å²) >= 11 is 0. The Labute approximate surface area is 130 Å². The molecule has 0 heterocycles. The van der Waals surface area contributed by atoms with Gasteiger partial charge in [-0.3, -0.25) is 9.59 Å². The second-order valence-corrected chi connectivity index (χ2v) is 7.24. The van der Waals surface area contributed by atoms with Crippen molar-refractivity contribution in [2.75, 3.05) is 25.7 Å². The Morgan fingerprint density at radius 3 is 2.32 bits per heavy atom. The summed E-state index contributed by atoms with van der Waals surface area (Å²) < 4.78 is 26.8. The fourth-order valence-electron chi connectivity index (χ4n) is 1.79. The number of sulfone groups is 1. The van der Waals surface area contributed by atoms with Crippen molar-refractivity contribution in [3.63, 3.8) is 0 Å². The Hall–Kier alpha value is -1.89. The van der Waals surface area contributed by atoms with Crippen molar-refractivity contribution < 1.29 is 22.7 Å². The van der Waals surface area contributed by atoms with E-state index in [2.05, 4.69) is 5.32 Å². The smallest absolute Gasteiger partial charge is 0.220 e. The number of ketones is 1. The van der Waals surface area contributed by atoms with Gasteiger partial charge in [0.05, 0.1) is 12.9 Å². The Bertz CT molecular complexity index is 607. The quantitative estimate of drug-likeness (QED) is 0.689. The van der Waals surface area contributed by atoms with Crippen LogP contribution in [-0.2, 0) is 14.6 Å². The van der Waals surface area contributed by atoms with Gasteiger partial charge in [0, 0.05) is 31.2 Å². The lowest BCUT2D eigenvalue weighted by molar-refractivity contribution is -0.121. The van der Waals surface area contributed by atoms with Gasteiger partial charge in [0.2, 0.25) is 5.91 Å². The van der Waals surface area contributed by atoms with E-state index in [1.54, 1.807) is 31.4 Å². The Kier molecular flexibility index (Phi) is 7.04. The van der Waals surface area contributed by atoms with Gasteiger partial charge in [0.15, 0.2) is 5.78 Å². The minimum absolute atomic E-state index is 0.0356. The van der Waals surface area contributed by atoms with Gasteiger partial charge in [-0.1, -0.05) is 0 Å². The van der Waals surface area contributed by atoms with Crippen LogP contribution in [0, 0.1) is 0 Å². The van der Waals surface area contributed by atoms with Crippen LogP contribution in [-0.4, -0.2) is 45.8 Å². The first-order valence-electron chi connectivity index (χ1n) is 6.93. The van der Waals surface area contributed by atoms with Gasteiger partial charge in [0.1, 0.15) is 15.6 Å². The highest BCUT2D eigenvalue weighted by atomic mass is 32.2. The molecule has 1 amide bonds. The summed E-state index contributed by atoms with van der Waals surface area (Å²) in [7, 11) is -1.52. The lowest BCUT2D eigenvalue weighted by Gasteiger charge is -2.05. The van der Waals surface area contributed by atoms with Gasteiger partial charge in [-0.2, -0.15) is 0 Å². The monoisotopic (exact) mass is 327 g/mol. The standard InChI is InChI=1S/C15H21NO5S/c1-21-13-8-6-12(7-9-13)14(17)4-3-5-15(18)16-10-11-22(2,19)20/h6-9H,3-5,10-11H2,1-2H3,(H,16,18). The highest BCUT2D eigenvalue weighted by molar-refractivity contribution is 7.90. The van der Waals surface area contributed by atoms with Crippen LogP contribution < -0.4 is 10.1 Å². The van der Waals surface area contributed by atoms with Crippen LogP contribution in [0.4, 0.5) is 0 Å². The summed E-state index contributed by atoms with van der Waals surface area (Å²) in [6.07, 6.45) is 2.01. The number of ether oxygens (including phenoxy) is 1. The van der Waals surface area contributed by atoms with Crippen molar-refractivity contribution in [1.29, 1.82) is 0 Å². The topological polar surface area (TPSA) is 89.5 Å². The van der Waals surface area contributed by atoms with Gasteiger partial charge >= 0.3 is 0 Å². The summed E-state index contributed by atoms with van der Waals surface area (Å²) in [4.78, 5) is 23.4. The molecule has 0 aromatic heterocycles. The number of Topliss-reactive ketones (excluding diaryl/α,β-unsaturated/α-hetero) is 1. The molecule has 1 rings (SSSR count). The molecule has 0 aliphatic carbocycles. The highest BCUT2D eigenvalue weighted by Gasteiger charge is 2.09. The molecule has 0 spiro atoms. The fourth-order valence-corrected chi connectivity index (χ4v) is 2.27. The van der Waals surface area contributed by atoms with Crippen LogP contribution in [0.25, 0.3) is 0 Å². The number of benzene rings is 1. The zero-order valence-electron chi connectivity index (χ0n) is 12.8. The molecule has 122 valence electrons. The molecule has 0 bridgehead atoms. The van der Waals surface area contributed by atoms with Crippen molar-refractivity contribution in [1.82, 2.24) is 5.32 Å². The zero-order chi connectivity index (χ0) is 16.6. The molecule has 6 nitrogen and oxygen atoms in total. The Morgan fingerprint density at radius 2 is 1.77 bits per heavy atom. The van der Waals surface area contributed by atoms with E-state index in [1.807, 2.05) is 0 Å². The van der Waals surface area contributed by atoms with Crippen LogP contribution in [0.1, 0.15) is 29.6 Å². The summed E-state index contributed by atoms with van der Waals surface area (Å²) in [5, 5.41) is 2.52. The van der Waals surface area contributed by atoms with Gasteiger partial charge < -0.3 is 10.1 Å². The van der Waals surface area contributed by atoms with Gasteiger partial charge in [0.25, 0.3) is 0 Å². The first-order chi connectivity index (χ1) is 10.3. The molecule has 0 atom stereocenters. The van der Waals surface area contributed by atoms with Crippen LogP contribution in [0.3, 0.4) is 0 Å². The van der Waals surface area contributed by atoms with Crippen LogP contribution in [0.2, 0.25) is 0 Å². The number of methoxy groups -OCH3 is 1. The number of carbonyl (C=O) groups excluding carboxylic acids is 2. The highest BCUT2D eigenvalue weighted by Crippen LogP contribution is 2.13. The number of hydrogen-bond acceptors (Lipinski definition) is 5. The molecule has 0 aliphatic heterocycles. The predicted molar refractivity (Wildman–Crippen MR) is 83.9 cm³/mol. The summed E-state index contributed by atoms with van der Waals surface area (Å²) in [5.74, 6) is 0.323. The molecule has 0 saturated carbocycles. The lowest BCUT2D eigenvalue weighted by atomic mass is 10.1. The molecule has 1 aromatic carbocycles. The maximum absolute atomic E-state index is 11.9. The van der Waals surface area contributed by atoms with E-state index in [9.17, 15) is 18.0 Å². The molecule has 1 N–H and O–H groups in total. The fraction of sp³-hybridized carbons (Fsp3) is 0.467. The van der Waals surface area contributed by atoms with E-state index in [-0.39, 0.29) is 36.8 Å². The van der Waals surface area contributed by atoms with E-state index < -0.39 is 9.84 Å². The number of rotatable bonds is 9. The van der Waals surface area contributed by atoms with Gasteiger partial charge in [-0.05, 0) is 30.7 Å². The minimum Gasteiger partial charge on any atom is -0.497 e. The molecular weight excluding hydrogens is 306 g/mol. The van der Waals surface area contributed by atoms with Crippen molar-refractivity contribution in [2.24, 2.45) is 0 Å². The number of amides is 1. The van der Waals surface area contributed by atoms with Crippen LogP contribution in [0.5, 0.6) is 5.75 Å². The maximum atomic E-state index is 11.9. The van der Waals surface area contributed by atoms with E-state index >= 15 is 0 Å². The average molecular weight is 327 g/mol. The van der Waals surface area contributed by atoms with Crippen molar-refractivity contribution in [2.45, 2.75) is 19.3 Å². The van der Waals surface area contributed by atoms with E-state index in [4.69, 9.17) is 4.74 Å². The number of hydrogen-bond donors (Lipinski definition) is 1. The van der Waals surface area contributed by atoms with Gasteiger partial charge in [-0.15, -0.1) is 0 Å². The third-order valence-corrected chi connectivity index (χ3v) is 3.96. The van der Waals surface area contributed by atoms with E-state index in [0.29, 0.717) is 17.7 Å². The molecule has 1 aromatic rings. The second-order valence-electron chi connectivity index (χ2n) is 4.99. The minimum atomic E-state index is -3.07. The number of carbonyl (C=O) groups is 2. The van der Waals surface area contributed by atoms with Crippen molar-refractivity contribution in [3.05, 3.63) is 29.8 Å². The van der Waals surface area contributed by atoms with Crippen LogP contribution in [0.15, 0.2) is 24.3 Å². The lowest BCUT2D eigenvalue weighted by Crippen LogP contribution is -2.28. The Balaban J connectivity index is 2.28.